The van der Waals surface area contributed by atoms with Crippen LogP contribution >= 0.6 is 11.6 Å². The summed E-state index contributed by atoms with van der Waals surface area (Å²) >= 11 is 5.99. The predicted molar refractivity (Wildman–Crippen MR) is 83.7 cm³/mol. The van der Waals surface area contributed by atoms with Gasteiger partial charge in [-0.05, 0) is 36.8 Å². The van der Waals surface area contributed by atoms with Crippen LogP contribution in [0, 0.1) is 6.92 Å². The minimum atomic E-state index is -0.256. The molecule has 0 unspecified atom stereocenters. The molecule has 3 rings (SSSR count). The molecule has 0 bridgehead atoms. The first-order valence-electron chi connectivity index (χ1n) is 6.43. The average Bonchev–Trinajstić information content (AvgIpc) is 2.46. The number of amides is 1. The van der Waals surface area contributed by atoms with Gasteiger partial charge in [0.15, 0.2) is 0 Å². The van der Waals surface area contributed by atoms with Gasteiger partial charge < -0.3 is 5.32 Å². The summed E-state index contributed by atoms with van der Waals surface area (Å²) in [6, 6.07) is 12.6. The fourth-order valence-corrected chi connectivity index (χ4v) is 2.32. The first-order valence-corrected chi connectivity index (χ1v) is 6.80. The molecule has 1 N–H and O–H groups in total. The highest BCUT2D eigenvalue weighted by molar-refractivity contribution is 6.30. The van der Waals surface area contributed by atoms with Gasteiger partial charge in [0, 0.05) is 11.6 Å². The molecule has 4 nitrogen and oxygen atoms in total. The molecule has 0 aliphatic heterocycles. The molecule has 0 saturated carbocycles. The highest BCUT2D eigenvalue weighted by Crippen LogP contribution is 2.21. The number of halogens is 1. The molecule has 0 saturated heterocycles. The van der Waals surface area contributed by atoms with Crippen molar-refractivity contribution in [1.29, 1.82) is 0 Å². The summed E-state index contributed by atoms with van der Waals surface area (Å²) in [4.78, 5) is 20.8. The van der Waals surface area contributed by atoms with Crippen LogP contribution in [-0.2, 0) is 0 Å². The largest absolute Gasteiger partial charge is 0.307 e. The summed E-state index contributed by atoms with van der Waals surface area (Å²) in [5.41, 5.74) is 2.19. The first-order chi connectivity index (χ1) is 10.1. The minimum absolute atomic E-state index is 0.256. The van der Waals surface area contributed by atoms with E-state index in [1.807, 2.05) is 43.3 Å². The number of para-hydroxylation sites is 1. The number of hydrogen-bond donors (Lipinski definition) is 1. The van der Waals surface area contributed by atoms with Crippen LogP contribution in [0.2, 0.25) is 5.15 Å². The monoisotopic (exact) mass is 297 g/mol. The molecule has 21 heavy (non-hydrogen) atoms. The van der Waals surface area contributed by atoms with E-state index in [0.29, 0.717) is 16.9 Å². The normalized spacial score (nSPS) is 10.6. The summed E-state index contributed by atoms with van der Waals surface area (Å²) in [5.74, 6) is 0.255. The van der Waals surface area contributed by atoms with Crippen LogP contribution in [0.5, 0.6) is 0 Å². The van der Waals surface area contributed by atoms with Crippen molar-refractivity contribution in [2.45, 2.75) is 6.92 Å². The van der Waals surface area contributed by atoms with Crippen molar-refractivity contribution in [2.75, 3.05) is 5.32 Å². The van der Waals surface area contributed by atoms with Crippen molar-refractivity contribution in [2.24, 2.45) is 0 Å². The lowest BCUT2D eigenvalue weighted by Gasteiger charge is -2.08. The molecule has 0 aliphatic rings. The van der Waals surface area contributed by atoms with Crippen LogP contribution in [0.25, 0.3) is 10.9 Å². The van der Waals surface area contributed by atoms with Crippen LogP contribution < -0.4 is 5.32 Å². The van der Waals surface area contributed by atoms with E-state index in [0.717, 1.165) is 10.9 Å². The summed E-state index contributed by atoms with van der Waals surface area (Å²) < 4.78 is 0. The van der Waals surface area contributed by atoms with Crippen molar-refractivity contribution < 1.29 is 4.79 Å². The maximum atomic E-state index is 12.5. The lowest BCUT2D eigenvalue weighted by Crippen LogP contribution is -2.13. The Kier molecular flexibility index (Phi) is 3.54. The zero-order valence-corrected chi connectivity index (χ0v) is 12.1. The molecular weight excluding hydrogens is 286 g/mol. The molecule has 1 amide bonds. The molecule has 2 aromatic heterocycles. The predicted octanol–water partition coefficient (Wildman–Crippen LogP) is 3.84. The summed E-state index contributed by atoms with van der Waals surface area (Å²) in [5, 5.41) is 3.83. The van der Waals surface area contributed by atoms with Crippen LogP contribution in [-0.4, -0.2) is 15.9 Å². The van der Waals surface area contributed by atoms with Gasteiger partial charge in [0.25, 0.3) is 5.91 Å². The molecule has 1 aromatic carbocycles. The number of aryl methyl sites for hydroxylation is 1. The molecule has 0 atom stereocenters. The van der Waals surface area contributed by atoms with Gasteiger partial charge in [-0.3, -0.25) is 4.79 Å². The van der Waals surface area contributed by atoms with E-state index in [4.69, 9.17) is 11.6 Å². The van der Waals surface area contributed by atoms with Crippen molar-refractivity contribution >= 4 is 34.2 Å². The topological polar surface area (TPSA) is 54.9 Å². The Hall–Kier alpha value is -2.46. The van der Waals surface area contributed by atoms with Crippen molar-refractivity contribution in [3.63, 3.8) is 0 Å². The van der Waals surface area contributed by atoms with Crippen LogP contribution in [0.3, 0.4) is 0 Å². The van der Waals surface area contributed by atoms with Gasteiger partial charge in [0.2, 0.25) is 0 Å². The number of hydrogen-bond acceptors (Lipinski definition) is 3. The molecule has 0 aliphatic carbocycles. The van der Waals surface area contributed by atoms with Gasteiger partial charge in [-0.1, -0.05) is 29.8 Å². The highest BCUT2D eigenvalue weighted by atomic mass is 35.5. The van der Waals surface area contributed by atoms with Gasteiger partial charge >= 0.3 is 0 Å². The van der Waals surface area contributed by atoms with E-state index in [1.54, 1.807) is 12.3 Å². The third-order valence-corrected chi connectivity index (χ3v) is 3.28. The number of benzene rings is 1. The average molecular weight is 298 g/mol. The molecule has 2 heterocycles. The Labute approximate surface area is 126 Å². The number of carbonyl (C=O) groups excluding carboxylic acids is 1. The third kappa shape index (κ3) is 2.85. The highest BCUT2D eigenvalue weighted by Gasteiger charge is 2.13. The summed E-state index contributed by atoms with van der Waals surface area (Å²) in [6.45, 7) is 1.94. The molecule has 0 fully saturated rings. The Balaban J connectivity index is 2.02. The van der Waals surface area contributed by atoms with Crippen molar-refractivity contribution in [3.05, 3.63) is 64.9 Å². The second-order valence-corrected chi connectivity index (χ2v) is 5.07. The molecule has 5 heteroatoms. The van der Waals surface area contributed by atoms with E-state index >= 15 is 0 Å². The number of carbonyl (C=O) groups is 1. The molecule has 104 valence electrons. The Morgan fingerprint density at radius 1 is 1.19 bits per heavy atom. The van der Waals surface area contributed by atoms with Gasteiger partial charge in [-0.25, -0.2) is 9.97 Å². The summed E-state index contributed by atoms with van der Waals surface area (Å²) in [6.07, 6.45) is 1.66. The maximum absolute atomic E-state index is 12.5. The number of aromatic nitrogens is 2. The second-order valence-electron chi connectivity index (χ2n) is 4.68. The Morgan fingerprint density at radius 2 is 2.00 bits per heavy atom. The lowest BCUT2D eigenvalue weighted by molar-refractivity contribution is 0.102. The number of nitrogens with zero attached hydrogens (tertiary/aromatic N) is 2. The number of pyridine rings is 2. The van der Waals surface area contributed by atoms with Gasteiger partial charge in [0.1, 0.15) is 11.0 Å². The zero-order valence-electron chi connectivity index (χ0n) is 11.3. The Bertz CT molecular complexity index is 833. The molecular formula is C16H12ClN3O. The Morgan fingerprint density at radius 3 is 2.81 bits per heavy atom. The number of rotatable bonds is 2. The van der Waals surface area contributed by atoms with Crippen LogP contribution in [0.1, 0.15) is 15.9 Å². The molecule has 0 spiro atoms. The van der Waals surface area contributed by atoms with E-state index in [-0.39, 0.29) is 11.1 Å². The fraction of sp³-hybridized carbons (Fsp3) is 0.0625. The standard InChI is InChI=1S/C16H12ClN3O/c1-10-6-7-18-15(8-10)20-16(21)12-9-14(17)19-13-5-3-2-4-11(12)13/h2-9H,1H3,(H,18,20,21). The first kappa shape index (κ1) is 13.5. The van der Waals surface area contributed by atoms with Crippen LogP contribution in [0.4, 0.5) is 5.82 Å². The van der Waals surface area contributed by atoms with Crippen molar-refractivity contribution in [3.8, 4) is 0 Å². The molecule has 3 aromatic rings. The molecule has 0 radical (unpaired) electrons. The van der Waals surface area contributed by atoms with E-state index in [2.05, 4.69) is 15.3 Å². The SMILES string of the molecule is Cc1ccnc(NC(=O)c2cc(Cl)nc3ccccc23)c1. The van der Waals surface area contributed by atoms with E-state index in [1.165, 1.54) is 0 Å². The van der Waals surface area contributed by atoms with Gasteiger partial charge in [-0.2, -0.15) is 0 Å². The van der Waals surface area contributed by atoms with E-state index in [9.17, 15) is 4.79 Å². The smallest absolute Gasteiger partial charge is 0.257 e. The van der Waals surface area contributed by atoms with E-state index < -0.39 is 0 Å². The number of nitrogens with one attached hydrogen (secondary N) is 1. The third-order valence-electron chi connectivity index (χ3n) is 3.09. The maximum Gasteiger partial charge on any atom is 0.257 e. The number of fused-ring (bicyclic) bond motifs is 1. The minimum Gasteiger partial charge on any atom is -0.307 e. The quantitative estimate of drug-likeness (QED) is 0.731. The fourth-order valence-electron chi connectivity index (χ4n) is 2.12. The lowest BCUT2D eigenvalue weighted by atomic mass is 10.1. The van der Waals surface area contributed by atoms with Crippen molar-refractivity contribution in [1.82, 2.24) is 9.97 Å². The second kappa shape index (κ2) is 5.50. The number of anilines is 1. The van der Waals surface area contributed by atoms with Gasteiger partial charge in [0.05, 0.1) is 11.1 Å². The summed E-state index contributed by atoms with van der Waals surface area (Å²) in [7, 11) is 0. The zero-order chi connectivity index (χ0) is 14.8. The van der Waals surface area contributed by atoms with Crippen LogP contribution in [0.15, 0.2) is 48.7 Å². The van der Waals surface area contributed by atoms with Gasteiger partial charge in [-0.15, -0.1) is 0 Å².